The Bertz CT molecular complexity index is 1140. The van der Waals surface area contributed by atoms with Gasteiger partial charge in [-0.25, -0.2) is 4.79 Å². The van der Waals surface area contributed by atoms with Gasteiger partial charge in [0.25, 0.3) is 0 Å². The molecule has 1 aromatic rings. The molecule has 1 N–H and O–H groups in total. The Morgan fingerprint density at radius 2 is 2.12 bits per heavy atom. The molecule has 0 radical (unpaired) electrons. The first-order valence-electron chi connectivity index (χ1n) is 9.77. The molecular weight excluding hydrogens is 598 g/mol. The van der Waals surface area contributed by atoms with E-state index in [0.29, 0.717) is 21.4 Å². The molecular formula is C18H21F3IN5O4S2. The van der Waals surface area contributed by atoms with Gasteiger partial charge in [-0.15, -0.1) is 10.2 Å². The molecule has 0 aliphatic carbocycles. The molecule has 2 aliphatic heterocycles. The van der Waals surface area contributed by atoms with Crippen molar-refractivity contribution in [3.05, 3.63) is 17.7 Å². The first-order chi connectivity index (χ1) is 15.4. The van der Waals surface area contributed by atoms with Crippen molar-refractivity contribution in [1.29, 1.82) is 0 Å². The maximum atomic E-state index is 13.0. The van der Waals surface area contributed by atoms with Gasteiger partial charge in [-0.05, 0) is 55.6 Å². The van der Waals surface area contributed by atoms with Crippen molar-refractivity contribution >= 4 is 73.8 Å². The molecule has 182 valence electrons. The zero-order valence-corrected chi connectivity index (χ0v) is 21.6. The molecule has 0 aromatic heterocycles. The smallest absolute Gasteiger partial charge is 0.461 e. The van der Waals surface area contributed by atoms with E-state index in [9.17, 15) is 26.4 Å². The second kappa shape index (κ2) is 10.2. The summed E-state index contributed by atoms with van der Waals surface area (Å²) in [5.41, 5.74) is -4.49. The molecule has 1 unspecified atom stereocenters. The van der Waals surface area contributed by atoms with E-state index in [1.54, 1.807) is 11.8 Å². The summed E-state index contributed by atoms with van der Waals surface area (Å²) in [6.45, 7) is 4.12. The number of benzene rings is 1. The maximum Gasteiger partial charge on any atom is 0.516 e. The topological polar surface area (TPSA) is 113 Å². The summed E-state index contributed by atoms with van der Waals surface area (Å²) in [5.74, 6) is -0.465. The number of ether oxygens (including phenoxy) is 1. The minimum atomic E-state index is -5.66. The number of sulfonamides is 1. The minimum absolute atomic E-state index is 0.0759. The number of rotatable bonds is 6. The van der Waals surface area contributed by atoms with Crippen molar-refractivity contribution in [2.24, 2.45) is 13.4 Å². The number of anilines is 2. The molecule has 0 saturated carbocycles. The number of halogens is 4. The van der Waals surface area contributed by atoms with Crippen LogP contribution in [-0.2, 0) is 26.0 Å². The van der Waals surface area contributed by atoms with Crippen molar-refractivity contribution in [3.8, 4) is 0 Å². The Labute approximate surface area is 203 Å². The third kappa shape index (κ3) is 6.03. The van der Waals surface area contributed by atoms with Crippen LogP contribution in [-0.4, -0.2) is 47.6 Å². The number of hydrogen-bond donors (Lipinski definition) is 1. The van der Waals surface area contributed by atoms with Gasteiger partial charge < -0.3 is 9.64 Å². The normalized spacial score (nSPS) is 19.0. The Hall–Kier alpha value is -1.75. The molecule has 15 heteroatoms. The van der Waals surface area contributed by atoms with Gasteiger partial charge in [0.2, 0.25) is 5.17 Å². The highest BCUT2D eigenvalue weighted by atomic mass is 127. The van der Waals surface area contributed by atoms with Crippen molar-refractivity contribution in [1.82, 2.24) is 0 Å². The van der Waals surface area contributed by atoms with Gasteiger partial charge in [-0.1, -0.05) is 6.92 Å². The van der Waals surface area contributed by atoms with E-state index in [2.05, 4.69) is 13.4 Å². The number of esters is 1. The van der Waals surface area contributed by atoms with E-state index < -0.39 is 42.5 Å². The standard InChI is InChI=1S/C18H21F3IN5O4S2/c1-4-7-31-16(28)15-22-23-17(32-15)25-24-12-8-11-6-5-10(2)27(3)14(11)9-13(12)26-33(29,30)18(19,20)21/h8-10,26H,4-7H2,1-3H3. The van der Waals surface area contributed by atoms with Crippen molar-refractivity contribution in [2.45, 2.75) is 44.7 Å². The fourth-order valence-electron chi connectivity index (χ4n) is 2.96. The third-order valence-corrected chi connectivity index (χ3v) is 9.66. The maximum absolute atomic E-state index is 13.0. The van der Waals surface area contributed by atoms with Gasteiger partial charge in [0.05, 0.1) is 33.3 Å². The molecule has 2 aliphatic rings. The van der Waals surface area contributed by atoms with Crippen LogP contribution in [0.1, 0.15) is 32.3 Å². The van der Waals surface area contributed by atoms with Gasteiger partial charge in [0.1, 0.15) is 5.69 Å². The number of amidine groups is 1. The van der Waals surface area contributed by atoms with Crippen LogP contribution in [0.2, 0.25) is 0 Å². The van der Waals surface area contributed by atoms with Gasteiger partial charge in [0, 0.05) is 18.8 Å². The molecule has 0 saturated heterocycles. The second-order valence-electron chi connectivity index (χ2n) is 7.21. The first kappa shape index (κ1) is 25.9. The predicted octanol–water partition coefficient (Wildman–Crippen LogP) is 4.87. The molecule has 33 heavy (non-hydrogen) atoms. The summed E-state index contributed by atoms with van der Waals surface area (Å²) in [5, 5.41) is 8.09. The van der Waals surface area contributed by atoms with Crippen LogP contribution in [0, 0.1) is 0 Å². The SMILES string of the molecule is CCCOC(=O)C1=IN=C(N=Nc2cc3c(cc2NS(=O)(=O)C(F)(F)F)N(C)C(C)CC3)S1. The highest BCUT2D eigenvalue weighted by Gasteiger charge is 2.46. The van der Waals surface area contributed by atoms with Crippen molar-refractivity contribution in [2.75, 3.05) is 23.3 Å². The van der Waals surface area contributed by atoms with Crippen LogP contribution in [0.3, 0.4) is 0 Å². The Balaban J connectivity index is 1.89. The van der Waals surface area contributed by atoms with Crippen LogP contribution in [0.15, 0.2) is 25.6 Å². The average Bonchev–Trinajstić information content (AvgIpc) is 3.22. The quantitative estimate of drug-likeness (QED) is 0.276. The number of azo groups is 1. The van der Waals surface area contributed by atoms with Crippen LogP contribution >= 0.6 is 32.8 Å². The number of carbonyl (C=O) groups is 1. The fraction of sp³-hybridized carbons (Fsp3) is 0.500. The number of thioether (sulfide) groups is 1. The lowest BCUT2D eigenvalue weighted by Crippen LogP contribution is -2.34. The monoisotopic (exact) mass is 619 g/mol. The zero-order valence-electron chi connectivity index (χ0n) is 17.8. The lowest BCUT2D eigenvalue weighted by Gasteiger charge is -2.34. The third-order valence-electron chi connectivity index (χ3n) is 4.83. The fourth-order valence-corrected chi connectivity index (χ4v) is 6.50. The molecule has 9 nitrogen and oxygen atoms in total. The summed E-state index contributed by atoms with van der Waals surface area (Å²) in [4.78, 5) is 13.8. The Kier molecular flexibility index (Phi) is 8.03. The van der Waals surface area contributed by atoms with Gasteiger partial charge in [0.15, 0.2) is 2.84 Å². The largest absolute Gasteiger partial charge is 0.516 e. The average molecular weight is 619 g/mol. The summed E-state index contributed by atoms with van der Waals surface area (Å²) in [7, 11) is -3.88. The summed E-state index contributed by atoms with van der Waals surface area (Å²) >= 11 is -0.00349. The Morgan fingerprint density at radius 3 is 2.79 bits per heavy atom. The molecule has 3 rings (SSSR count). The van der Waals surface area contributed by atoms with Crippen LogP contribution in [0.4, 0.5) is 30.2 Å². The van der Waals surface area contributed by atoms with E-state index in [1.165, 1.54) is 12.1 Å². The van der Waals surface area contributed by atoms with Crippen LogP contribution in [0.5, 0.6) is 0 Å². The summed E-state index contributed by atoms with van der Waals surface area (Å²) in [6.07, 6.45) is 2.15. The number of nitrogens with zero attached hydrogens (tertiary/aromatic N) is 4. The molecule has 0 fully saturated rings. The number of carbonyl (C=O) groups excluding carboxylic acids is 1. The highest BCUT2D eigenvalue weighted by Crippen LogP contribution is 2.40. The lowest BCUT2D eigenvalue weighted by molar-refractivity contribution is -0.134. The van der Waals surface area contributed by atoms with Gasteiger partial charge >= 0.3 is 21.5 Å². The Morgan fingerprint density at radius 1 is 1.39 bits per heavy atom. The number of nitrogens with one attached hydrogen (secondary N) is 1. The molecule has 1 aromatic carbocycles. The highest BCUT2D eigenvalue weighted by molar-refractivity contribution is 14.2. The van der Waals surface area contributed by atoms with E-state index in [-0.39, 0.29) is 29.2 Å². The molecule has 1 atom stereocenters. The van der Waals surface area contributed by atoms with E-state index in [0.717, 1.165) is 23.7 Å². The molecule has 0 bridgehead atoms. The van der Waals surface area contributed by atoms with Crippen LogP contribution in [0.25, 0.3) is 0 Å². The van der Waals surface area contributed by atoms with Crippen LogP contribution < -0.4 is 9.62 Å². The molecule has 0 amide bonds. The molecule has 2 heterocycles. The lowest BCUT2D eigenvalue weighted by atomic mass is 9.96. The van der Waals surface area contributed by atoms with Gasteiger partial charge in [-0.3, -0.25) is 4.72 Å². The number of alkyl halides is 3. The first-order valence-corrected chi connectivity index (χ1v) is 14.1. The second-order valence-corrected chi connectivity index (χ2v) is 12.6. The van der Waals surface area contributed by atoms with E-state index in [4.69, 9.17) is 4.74 Å². The summed E-state index contributed by atoms with van der Waals surface area (Å²) < 4.78 is 73.7. The number of fused-ring (bicyclic) bond motifs is 1. The predicted molar refractivity (Wildman–Crippen MR) is 131 cm³/mol. The molecule has 0 spiro atoms. The summed E-state index contributed by atoms with van der Waals surface area (Å²) in [6, 6.07) is 2.98. The zero-order chi connectivity index (χ0) is 24.4. The van der Waals surface area contributed by atoms with Crippen molar-refractivity contribution in [3.63, 3.8) is 0 Å². The van der Waals surface area contributed by atoms with Crippen molar-refractivity contribution < 1.29 is 31.1 Å². The number of aryl methyl sites for hydroxylation is 1. The van der Waals surface area contributed by atoms with E-state index in [1.807, 2.05) is 18.7 Å². The van der Waals surface area contributed by atoms with E-state index >= 15 is 0 Å². The van der Waals surface area contributed by atoms with Gasteiger partial charge in [-0.2, -0.15) is 24.8 Å². The number of hydrogen-bond acceptors (Lipinski definition) is 9. The minimum Gasteiger partial charge on any atom is -0.461 e.